The molecule has 2 rings (SSSR count). The molecule has 0 unspecified atom stereocenters. The molecule has 1 aliphatic carbocycles. The molecular formula is C14H19N3O3. The zero-order valence-corrected chi connectivity index (χ0v) is 11.2. The van der Waals surface area contributed by atoms with Gasteiger partial charge in [0.05, 0.1) is 4.92 Å². The van der Waals surface area contributed by atoms with E-state index < -0.39 is 4.92 Å². The lowest BCUT2D eigenvalue weighted by atomic mass is 9.81. The highest BCUT2D eigenvalue weighted by Crippen LogP contribution is 2.29. The Hall–Kier alpha value is -1.95. The molecule has 0 bridgehead atoms. The average molecular weight is 277 g/mol. The maximum absolute atomic E-state index is 12.1. The van der Waals surface area contributed by atoms with Crippen LogP contribution in [0.1, 0.15) is 25.7 Å². The molecule has 0 saturated heterocycles. The van der Waals surface area contributed by atoms with Gasteiger partial charge in [0, 0.05) is 23.7 Å². The van der Waals surface area contributed by atoms with Crippen molar-refractivity contribution in [1.82, 2.24) is 0 Å². The quantitative estimate of drug-likeness (QED) is 0.651. The number of benzene rings is 1. The lowest BCUT2D eigenvalue weighted by molar-refractivity contribution is -0.384. The molecule has 1 aliphatic rings. The van der Waals surface area contributed by atoms with Gasteiger partial charge >= 0.3 is 0 Å². The lowest BCUT2D eigenvalue weighted by Crippen LogP contribution is -2.29. The first-order chi connectivity index (χ1) is 9.60. The average Bonchev–Trinajstić information content (AvgIpc) is 2.48. The van der Waals surface area contributed by atoms with Crippen molar-refractivity contribution in [3.63, 3.8) is 0 Å². The van der Waals surface area contributed by atoms with Crippen LogP contribution in [0.4, 0.5) is 11.4 Å². The summed E-state index contributed by atoms with van der Waals surface area (Å²) in [5.74, 6) is 0.556. The van der Waals surface area contributed by atoms with E-state index in [-0.39, 0.29) is 17.5 Å². The first kappa shape index (κ1) is 14.5. The predicted molar refractivity (Wildman–Crippen MR) is 76.2 cm³/mol. The summed E-state index contributed by atoms with van der Waals surface area (Å²) >= 11 is 0. The molecule has 0 aliphatic heterocycles. The van der Waals surface area contributed by atoms with E-state index in [2.05, 4.69) is 5.32 Å². The van der Waals surface area contributed by atoms with E-state index in [4.69, 9.17) is 5.73 Å². The number of nitrogens with two attached hydrogens (primary N) is 1. The van der Waals surface area contributed by atoms with Gasteiger partial charge in [0.1, 0.15) is 0 Å². The number of non-ortho nitro benzene ring substituents is 1. The van der Waals surface area contributed by atoms with Crippen LogP contribution in [-0.4, -0.2) is 17.4 Å². The molecule has 0 aromatic heterocycles. The number of nitro groups is 1. The smallest absolute Gasteiger partial charge is 0.269 e. The van der Waals surface area contributed by atoms with Crippen molar-refractivity contribution in [2.24, 2.45) is 17.6 Å². The van der Waals surface area contributed by atoms with Crippen LogP contribution in [0.15, 0.2) is 24.3 Å². The fourth-order valence-electron chi connectivity index (χ4n) is 2.57. The van der Waals surface area contributed by atoms with Crippen molar-refractivity contribution in [1.29, 1.82) is 0 Å². The molecular weight excluding hydrogens is 258 g/mol. The first-order valence-corrected chi connectivity index (χ1v) is 6.85. The molecule has 0 spiro atoms. The van der Waals surface area contributed by atoms with Gasteiger partial charge in [-0.1, -0.05) is 0 Å². The van der Waals surface area contributed by atoms with E-state index in [0.29, 0.717) is 18.2 Å². The van der Waals surface area contributed by atoms with E-state index in [1.165, 1.54) is 12.1 Å². The van der Waals surface area contributed by atoms with Crippen LogP contribution in [0.3, 0.4) is 0 Å². The number of anilines is 1. The van der Waals surface area contributed by atoms with Crippen LogP contribution in [-0.2, 0) is 4.79 Å². The van der Waals surface area contributed by atoms with Crippen molar-refractivity contribution < 1.29 is 9.72 Å². The zero-order chi connectivity index (χ0) is 14.5. The zero-order valence-electron chi connectivity index (χ0n) is 11.2. The van der Waals surface area contributed by atoms with Gasteiger partial charge < -0.3 is 11.1 Å². The summed E-state index contributed by atoms with van der Waals surface area (Å²) in [5.41, 5.74) is 6.25. The van der Waals surface area contributed by atoms with Gasteiger partial charge in [-0.25, -0.2) is 0 Å². The van der Waals surface area contributed by atoms with E-state index >= 15 is 0 Å². The Bertz CT molecular complexity index is 479. The summed E-state index contributed by atoms with van der Waals surface area (Å²) in [4.78, 5) is 22.2. The summed E-state index contributed by atoms with van der Waals surface area (Å²) in [7, 11) is 0. The minimum Gasteiger partial charge on any atom is -0.330 e. The Labute approximate surface area is 117 Å². The topological polar surface area (TPSA) is 98.3 Å². The fraction of sp³-hybridized carbons (Fsp3) is 0.500. The van der Waals surface area contributed by atoms with Crippen LogP contribution in [0.2, 0.25) is 0 Å². The Morgan fingerprint density at radius 2 is 1.85 bits per heavy atom. The molecule has 0 heterocycles. The molecule has 1 aromatic rings. The Morgan fingerprint density at radius 3 is 2.35 bits per heavy atom. The first-order valence-electron chi connectivity index (χ1n) is 6.85. The molecule has 3 N–H and O–H groups in total. The van der Waals surface area contributed by atoms with E-state index in [1.54, 1.807) is 12.1 Å². The van der Waals surface area contributed by atoms with E-state index in [1.807, 2.05) is 0 Å². The Morgan fingerprint density at radius 1 is 1.25 bits per heavy atom. The number of rotatable bonds is 4. The summed E-state index contributed by atoms with van der Waals surface area (Å²) < 4.78 is 0. The summed E-state index contributed by atoms with van der Waals surface area (Å²) in [6, 6.07) is 5.89. The lowest BCUT2D eigenvalue weighted by Gasteiger charge is -2.26. The normalized spacial score (nSPS) is 22.2. The van der Waals surface area contributed by atoms with Crippen molar-refractivity contribution in [2.75, 3.05) is 11.9 Å². The van der Waals surface area contributed by atoms with Crippen LogP contribution >= 0.6 is 0 Å². The summed E-state index contributed by atoms with van der Waals surface area (Å²) in [5, 5.41) is 13.4. The molecule has 1 saturated carbocycles. The highest BCUT2D eigenvalue weighted by molar-refractivity contribution is 5.92. The van der Waals surface area contributed by atoms with Crippen molar-refractivity contribution >= 4 is 17.3 Å². The van der Waals surface area contributed by atoms with Gasteiger partial charge in [0.25, 0.3) is 5.69 Å². The second-order valence-electron chi connectivity index (χ2n) is 5.25. The van der Waals surface area contributed by atoms with Crippen LogP contribution in [0.5, 0.6) is 0 Å². The molecule has 0 radical (unpaired) electrons. The van der Waals surface area contributed by atoms with Crippen LogP contribution in [0.25, 0.3) is 0 Å². The van der Waals surface area contributed by atoms with Crippen molar-refractivity contribution in [2.45, 2.75) is 25.7 Å². The number of amides is 1. The number of carbonyl (C=O) groups excluding carboxylic acids is 1. The van der Waals surface area contributed by atoms with Gasteiger partial charge in [0.2, 0.25) is 5.91 Å². The third kappa shape index (κ3) is 3.54. The van der Waals surface area contributed by atoms with Crippen molar-refractivity contribution in [3.05, 3.63) is 34.4 Å². The van der Waals surface area contributed by atoms with Crippen molar-refractivity contribution in [3.8, 4) is 0 Å². The second-order valence-corrected chi connectivity index (χ2v) is 5.25. The summed E-state index contributed by atoms with van der Waals surface area (Å²) in [6.45, 7) is 0.691. The standard InChI is InChI=1S/C14H19N3O3/c15-9-10-1-3-11(4-2-10)14(18)16-12-5-7-13(8-6-12)17(19)20/h5-8,10-11H,1-4,9,15H2,(H,16,18). The second kappa shape index (κ2) is 6.47. The van der Waals surface area contributed by atoms with Crippen LogP contribution < -0.4 is 11.1 Å². The summed E-state index contributed by atoms with van der Waals surface area (Å²) in [6.07, 6.45) is 3.71. The molecule has 6 nitrogen and oxygen atoms in total. The molecule has 1 amide bonds. The largest absolute Gasteiger partial charge is 0.330 e. The molecule has 0 atom stereocenters. The molecule has 20 heavy (non-hydrogen) atoms. The van der Waals surface area contributed by atoms with E-state index in [0.717, 1.165) is 25.7 Å². The van der Waals surface area contributed by atoms with Gasteiger partial charge in [0.15, 0.2) is 0 Å². The number of nitrogens with one attached hydrogen (secondary N) is 1. The highest BCUT2D eigenvalue weighted by atomic mass is 16.6. The molecule has 1 fully saturated rings. The van der Waals surface area contributed by atoms with Crippen LogP contribution in [0, 0.1) is 22.0 Å². The predicted octanol–water partition coefficient (Wildman–Crippen LogP) is 2.30. The van der Waals surface area contributed by atoms with E-state index in [9.17, 15) is 14.9 Å². The number of nitro benzene ring substituents is 1. The highest BCUT2D eigenvalue weighted by Gasteiger charge is 2.25. The third-order valence-corrected chi connectivity index (χ3v) is 3.90. The molecule has 108 valence electrons. The van der Waals surface area contributed by atoms with Gasteiger partial charge in [-0.3, -0.25) is 14.9 Å². The third-order valence-electron chi connectivity index (χ3n) is 3.90. The molecule has 1 aromatic carbocycles. The maximum Gasteiger partial charge on any atom is 0.269 e. The monoisotopic (exact) mass is 277 g/mol. The minimum atomic E-state index is -0.459. The fourth-order valence-corrected chi connectivity index (χ4v) is 2.57. The minimum absolute atomic E-state index is 0.00526. The maximum atomic E-state index is 12.1. The van der Waals surface area contributed by atoms with Gasteiger partial charge in [-0.05, 0) is 50.3 Å². The van der Waals surface area contributed by atoms with Gasteiger partial charge in [-0.2, -0.15) is 0 Å². The van der Waals surface area contributed by atoms with Gasteiger partial charge in [-0.15, -0.1) is 0 Å². The number of nitrogens with zero attached hydrogens (tertiary/aromatic N) is 1. The molecule has 6 heteroatoms. The number of hydrogen-bond donors (Lipinski definition) is 2. The number of hydrogen-bond acceptors (Lipinski definition) is 4. The Balaban J connectivity index is 1.90. The Kier molecular flexibility index (Phi) is 4.68. The SMILES string of the molecule is NCC1CCC(C(=O)Nc2ccc([N+](=O)[O-])cc2)CC1. The number of carbonyl (C=O) groups is 1.